The zero-order valence-electron chi connectivity index (χ0n) is 10.2. The average Bonchev–Trinajstić information content (AvgIpc) is 3.13. The first kappa shape index (κ1) is 13.5. The molecule has 100 valence electrons. The first-order valence-electron chi connectivity index (χ1n) is 6.23. The number of hydrogen-bond acceptors (Lipinski definition) is 4. The van der Waals surface area contributed by atoms with Crippen molar-refractivity contribution in [2.75, 3.05) is 11.9 Å². The molecule has 0 spiro atoms. The molecular weight excluding hydrogens is 390 g/mol. The molecular formula is C13H13Br2N3S. The number of nitrogens with zero attached hydrogens (tertiary/aromatic N) is 2. The Morgan fingerprint density at radius 1 is 1.26 bits per heavy atom. The molecule has 1 aliphatic carbocycles. The zero-order valence-corrected chi connectivity index (χ0v) is 14.2. The Labute approximate surface area is 133 Å². The molecule has 0 radical (unpaired) electrons. The maximum Gasteiger partial charge on any atom is 0.135 e. The minimum absolute atomic E-state index is 0.575. The maximum absolute atomic E-state index is 4.57. The minimum atomic E-state index is 0.575. The van der Waals surface area contributed by atoms with Gasteiger partial charge < -0.3 is 5.32 Å². The summed E-state index contributed by atoms with van der Waals surface area (Å²) in [5.74, 6) is 2.46. The van der Waals surface area contributed by atoms with Gasteiger partial charge in [-0.15, -0.1) is 11.3 Å². The van der Waals surface area contributed by atoms with Gasteiger partial charge in [-0.1, -0.05) is 0 Å². The number of thiophene rings is 1. The number of nitrogens with one attached hydrogen (secondary N) is 1. The van der Waals surface area contributed by atoms with Gasteiger partial charge in [-0.05, 0) is 63.3 Å². The van der Waals surface area contributed by atoms with Crippen molar-refractivity contribution in [3.8, 4) is 0 Å². The van der Waals surface area contributed by atoms with E-state index in [2.05, 4.69) is 59.3 Å². The van der Waals surface area contributed by atoms with Crippen molar-refractivity contribution in [3.63, 3.8) is 0 Å². The first-order valence-corrected chi connectivity index (χ1v) is 8.63. The summed E-state index contributed by atoms with van der Waals surface area (Å²) >= 11 is 8.71. The molecule has 1 saturated carbocycles. The molecule has 1 N–H and O–H groups in total. The van der Waals surface area contributed by atoms with Gasteiger partial charge in [0, 0.05) is 23.4 Å². The molecule has 1 aliphatic rings. The molecule has 1 fully saturated rings. The second kappa shape index (κ2) is 5.89. The average molecular weight is 403 g/mol. The molecule has 6 heteroatoms. The van der Waals surface area contributed by atoms with Crippen LogP contribution in [0.5, 0.6) is 0 Å². The largest absolute Gasteiger partial charge is 0.370 e. The molecule has 2 heterocycles. The van der Waals surface area contributed by atoms with Crippen LogP contribution in [0.15, 0.2) is 26.6 Å². The highest BCUT2D eigenvalue weighted by Gasteiger charge is 2.27. The van der Waals surface area contributed by atoms with Crippen LogP contribution in [0, 0.1) is 0 Å². The van der Waals surface area contributed by atoms with E-state index in [4.69, 9.17) is 0 Å². The lowest BCUT2D eigenvalue weighted by atomic mass is 10.3. The van der Waals surface area contributed by atoms with Crippen LogP contribution >= 0.6 is 43.2 Å². The second-order valence-corrected chi connectivity index (χ2v) is 7.95. The summed E-state index contributed by atoms with van der Waals surface area (Å²) in [5.41, 5.74) is 0. The maximum atomic E-state index is 4.57. The van der Waals surface area contributed by atoms with Crippen molar-refractivity contribution in [1.82, 2.24) is 9.97 Å². The van der Waals surface area contributed by atoms with Crippen LogP contribution in [0.3, 0.4) is 0 Å². The van der Waals surface area contributed by atoms with Crippen LogP contribution in [-0.4, -0.2) is 16.5 Å². The molecule has 0 aromatic carbocycles. The lowest BCUT2D eigenvalue weighted by molar-refractivity contribution is 0.907. The van der Waals surface area contributed by atoms with Gasteiger partial charge in [0.25, 0.3) is 0 Å². The lowest BCUT2D eigenvalue weighted by Gasteiger charge is -2.07. The molecule has 3 nitrogen and oxygen atoms in total. The molecule has 0 aliphatic heterocycles. The van der Waals surface area contributed by atoms with E-state index in [9.17, 15) is 0 Å². The van der Waals surface area contributed by atoms with Crippen LogP contribution in [0.25, 0.3) is 0 Å². The van der Waals surface area contributed by atoms with Crippen LogP contribution in [0.2, 0.25) is 0 Å². The third kappa shape index (κ3) is 3.77. The zero-order chi connectivity index (χ0) is 13.2. The van der Waals surface area contributed by atoms with Gasteiger partial charge in [-0.25, -0.2) is 9.97 Å². The van der Waals surface area contributed by atoms with Gasteiger partial charge >= 0.3 is 0 Å². The molecule has 0 amide bonds. The van der Waals surface area contributed by atoms with Crippen LogP contribution < -0.4 is 5.32 Å². The van der Waals surface area contributed by atoms with Crippen LogP contribution in [-0.2, 0) is 6.42 Å². The minimum Gasteiger partial charge on any atom is -0.370 e. The molecule has 0 bridgehead atoms. The molecule has 19 heavy (non-hydrogen) atoms. The van der Waals surface area contributed by atoms with Gasteiger partial charge in [0.05, 0.1) is 3.79 Å². The normalized spacial score (nSPS) is 14.6. The fourth-order valence-corrected chi connectivity index (χ4v) is 3.73. The van der Waals surface area contributed by atoms with E-state index in [1.165, 1.54) is 21.5 Å². The Bertz CT molecular complexity index is 581. The van der Waals surface area contributed by atoms with E-state index >= 15 is 0 Å². The van der Waals surface area contributed by atoms with E-state index in [0.717, 1.165) is 29.2 Å². The summed E-state index contributed by atoms with van der Waals surface area (Å²) in [4.78, 5) is 10.4. The highest BCUT2D eigenvalue weighted by Crippen LogP contribution is 2.38. The third-order valence-corrected chi connectivity index (χ3v) is 5.05. The molecule has 0 atom stereocenters. The number of rotatable bonds is 5. The quantitative estimate of drug-likeness (QED) is 0.743. The van der Waals surface area contributed by atoms with Crippen molar-refractivity contribution in [2.24, 2.45) is 0 Å². The SMILES string of the molecule is Brc1cc(NCCc2ccc(Br)s2)nc(C2CC2)n1. The van der Waals surface area contributed by atoms with E-state index in [-0.39, 0.29) is 0 Å². The second-order valence-electron chi connectivity index (χ2n) is 4.59. The fourth-order valence-electron chi connectivity index (χ4n) is 1.85. The number of halogens is 2. The summed E-state index contributed by atoms with van der Waals surface area (Å²) in [7, 11) is 0. The van der Waals surface area contributed by atoms with Gasteiger partial charge in [0.15, 0.2) is 0 Å². The highest BCUT2D eigenvalue weighted by molar-refractivity contribution is 9.11. The summed E-state index contributed by atoms with van der Waals surface area (Å²) in [6.45, 7) is 0.889. The lowest BCUT2D eigenvalue weighted by Crippen LogP contribution is -2.07. The molecule has 0 saturated heterocycles. The fraction of sp³-hybridized carbons (Fsp3) is 0.385. The summed E-state index contributed by atoms with van der Waals surface area (Å²) in [5, 5.41) is 3.38. The summed E-state index contributed by atoms with van der Waals surface area (Å²) in [6, 6.07) is 6.19. The predicted octanol–water partition coefficient (Wildman–Crippen LogP) is 4.60. The molecule has 2 aromatic rings. The van der Waals surface area contributed by atoms with Gasteiger partial charge in [0.2, 0.25) is 0 Å². The van der Waals surface area contributed by atoms with Crippen molar-refractivity contribution in [1.29, 1.82) is 0 Å². The van der Waals surface area contributed by atoms with Gasteiger partial charge in [-0.3, -0.25) is 0 Å². The third-order valence-electron chi connectivity index (χ3n) is 2.96. The Hall–Kier alpha value is -0.460. The van der Waals surface area contributed by atoms with Crippen molar-refractivity contribution >= 4 is 49.0 Å². The number of aromatic nitrogens is 2. The van der Waals surface area contributed by atoms with Crippen molar-refractivity contribution in [3.05, 3.63) is 37.3 Å². The Kier molecular flexibility index (Phi) is 4.19. The predicted molar refractivity (Wildman–Crippen MR) is 85.9 cm³/mol. The van der Waals surface area contributed by atoms with Gasteiger partial charge in [0.1, 0.15) is 16.2 Å². The summed E-state index contributed by atoms with van der Waals surface area (Å²) < 4.78 is 2.05. The number of hydrogen-bond donors (Lipinski definition) is 1. The van der Waals surface area contributed by atoms with Crippen LogP contribution in [0.1, 0.15) is 29.5 Å². The van der Waals surface area contributed by atoms with Crippen molar-refractivity contribution in [2.45, 2.75) is 25.2 Å². The van der Waals surface area contributed by atoms with E-state index in [0.29, 0.717) is 5.92 Å². The Morgan fingerprint density at radius 2 is 2.11 bits per heavy atom. The van der Waals surface area contributed by atoms with E-state index < -0.39 is 0 Å². The Morgan fingerprint density at radius 3 is 2.79 bits per heavy atom. The van der Waals surface area contributed by atoms with E-state index in [1.54, 1.807) is 11.3 Å². The topological polar surface area (TPSA) is 37.8 Å². The van der Waals surface area contributed by atoms with Crippen LogP contribution in [0.4, 0.5) is 5.82 Å². The monoisotopic (exact) mass is 401 g/mol. The first-order chi connectivity index (χ1) is 9.20. The smallest absolute Gasteiger partial charge is 0.135 e. The van der Waals surface area contributed by atoms with Crippen molar-refractivity contribution < 1.29 is 0 Å². The number of anilines is 1. The standard InChI is InChI=1S/C13H13Br2N3S/c14-10-7-12(18-13(17-10)8-1-2-8)16-6-5-9-3-4-11(15)19-9/h3-4,7-8H,1-2,5-6H2,(H,16,17,18). The summed E-state index contributed by atoms with van der Waals surface area (Å²) in [6.07, 6.45) is 3.45. The molecule has 2 aromatic heterocycles. The molecule has 0 unspecified atom stereocenters. The van der Waals surface area contributed by atoms with E-state index in [1.807, 2.05) is 6.07 Å². The molecule has 3 rings (SSSR count). The van der Waals surface area contributed by atoms with Gasteiger partial charge in [-0.2, -0.15) is 0 Å². The highest BCUT2D eigenvalue weighted by atomic mass is 79.9. The Balaban J connectivity index is 1.60.